The number of carbonyl (C=O) groups is 1. The predicted molar refractivity (Wildman–Crippen MR) is 63.8 cm³/mol. The standard InChI is InChI=1S/C10H13NO4S2/c1-11(5-7-2-3-7)17(14,15)8-4-9(10(12)13)16-6-8/h4,6-7H,2-3,5H2,1H3,(H,12,13). The highest BCUT2D eigenvalue weighted by Gasteiger charge is 2.30. The molecular weight excluding hydrogens is 262 g/mol. The first-order valence-electron chi connectivity index (χ1n) is 5.19. The second-order valence-electron chi connectivity index (χ2n) is 4.18. The van der Waals surface area contributed by atoms with Crippen LogP contribution in [0.1, 0.15) is 22.5 Å². The van der Waals surface area contributed by atoms with E-state index in [0.29, 0.717) is 12.5 Å². The lowest BCUT2D eigenvalue weighted by Crippen LogP contribution is -2.28. The van der Waals surface area contributed by atoms with Gasteiger partial charge in [0.15, 0.2) is 0 Å². The third-order valence-corrected chi connectivity index (χ3v) is 5.58. The lowest BCUT2D eigenvalue weighted by Gasteiger charge is -2.15. The fourth-order valence-electron chi connectivity index (χ4n) is 1.51. The van der Waals surface area contributed by atoms with Crippen LogP contribution in [0.5, 0.6) is 0 Å². The molecule has 1 aliphatic carbocycles. The highest BCUT2D eigenvalue weighted by Crippen LogP contribution is 2.31. The van der Waals surface area contributed by atoms with Gasteiger partial charge in [0, 0.05) is 19.0 Å². The number of hydrogen-bond acceptors (Lipinski definition) is 4. The van der Waals surface area contributed by atoms with Gasteiger partial charge in [-0.3, -0.25) is 0 Å². The molecule has 0 unspecified atom stereocenters. The maximum Gasteiger partial charge on any atom is 0.345 e. The molecule has 1 heterocycles. The van der Waals surface area contributed by atoms with Gasteiger partial charge in [-0.25, -0.2) is 17.5 Å². The third-order valence-electron chi connectivity index (χ3n) is 2.71. The predicted octanol–water partition coefficient (Wildman–Crippen LogP) is 1.48. The molecule has 0 atom stereocenters. The average Bonchev–Trinajstić information content (AvgIpc) is 2.91. The molecule has 0 saturated heterocycles. The van der Waals surface area contributed by atoms with Crippen LogP contribution < -0.4 is 0 Å². The number of carboxylic acids is 1. The smallest absolute Gasteiger partial charge is 0.345 e. The average molecular weight is 275 g/mol. The van der Waals surface area contributed by atoms with Gasteiger partial charge in [0.2, 0.25) is 10.0 Å². The van der Waals surface area contributed by atoms with Crippen LogP contribution in [0.3, 0.4) is 0 Å². The molecule has 5 nitrogen and oxygen atoms in total. The summed E-state index contributed by atoms with van der Waals surface area (Å²) in [4.78, 5) is 10.8. The first kappa shape index (κ1) is 12.5. The van der Waals surface area contributed by atoms with Crippen molar-refractivity contribution in [2.24, 2.45) is 5.92 Å². The molecule has 0 aromatic carbocycles. The number of thiophene rings is 1. The van der Waals surface area contributed by atoms with Crippen molar-refractivity contribution in [3.63, 3.8) is 0 Å². The zero-order valence-corrected chi connectivity index (χ0v) is 10.9. The van der Waals surface area contributed by atoms with Crippen LogP contribution in [0.15, 0.2) is 16.3 Å². The van der Waals surface area contributed by atoms with Crippen molar-refractivity contribution >= 4 is 27.3 Å². The Morgan fingerprint density at radius 3 is 2.71 bits per heavy atom. The Balaban J connectivity index is 2.20. The maximum atomic E-state index is 12.1. The van der Waals surface area contributed by atoms with Gasteiger partial charge in [0.05, 0.1) is 4.90 Å². The van der Waals surface area contributed by atoms with E-state index in [4.69, 9.17) is 5.11 Å². The number of hydrogen-bond donors (Lipinski definition) is 1. The van der Waals surface area contributed by atoms with E-state index in [1.165, 1.54) is 22.8 Å². The van der Waals surface area contributed by atoms with Crippen LogP contribution in [0.25, 0.3) is 0 Å². The lowest BCUT2D eigenvalue weighted by atomic mass is 10.4. The van der Waals surface area contributed by atoms with Crippen molar-refractivity contribution in [2.45, 2.75) is 17.7 Å². The molecule has 0 spiro atoms. The summed E-state index contributed by atoms with van der Waals surface area (Å²) in [6, 6.07) is 1.21. The van der Waals surface area contributed by atoms with Gasteiger partial charge < -0.3 is 5.11 Å². The molecule has 1 N–H and O–H groups in total. The zero-order chi connectivity index (χ0) is 12.6. The van der Waals surface area contributed by atoms with Crippen LogP contribution in [0.4, 0.5) is 0 Å². The molecule has 7 heteroatoms. The van der Waals surface area contributed by atoms with Crippen molar-refractivity contribution < 1.29 is 18.3 Å². The summed E-state index contributed by atoms with van der Waals surface area (Å²) in [6.45, 7) is 0.514. The number of sulfonamides is 1. The van der Waals surface area contributed by atoms with Gasteiger partial charge in [-0.05, 0) is 24.8 Å². The number of rotatable bonds is 5. The minimum atomic E-state index is -3.53. The zero-order valence-electron chi connectivity index (χ0n) is 9.29. The first-order valence-corrected chi connectivity index (χ1v) is 7.51. The van der Waals surface area contributed by atoms with E-state index in [1.54, 1.807) is 0 Å². The second-order valence-corrected chi connectivity index (χ2v) is 7.14. The molecule has 0 radical (unpaired) electrons. The van der Waals surface area contributed by atoms with Crippen LogP contribution >= 0.6 is 11.3 Å². The molecule has 1 fully saturated rings. The SMILES string of the molecule is CN(CC1CC1)S(=O)(=O)c1csc(C(=O)O)c1. The molecule has 1 aliphatic rings. The largest absolute Gasteiger partial charge is 0.477 e. The Morgan fingerprint density at radius 2 is 2.24 bits per heavy atom. The van der Waals surface area contributed by atoms with Crippen LogP contribution in [-0.4, -0.2) is 37.4 Å². The molecule has 0 amide bonds. The van der Waals surface area contributed by atoms with E-state index < -0.39 is 16.0 Å². The Bertz CT molecular complexity index is 530. The van der Waals surface area contributed by atoms with Gasteiger partial charge in [-0.2, -0.15) is 0 Å². The summed E-state index contributed by atoms with van der Waals surface area (Å²) in [5, 5.41) is 10.1. The Hall–Kier alpha value is -0.920. The van der Waals surface area contributed by atoms with E-state index in [-0.39, 0.29) is 9.77 Å². The van der Waals surface area contributed by atoms with Gasteiger partial charge in [-0.15, -0.1) is 11.3 Å². The fraction of sp³-hybridized carbons (Fsp3) is 0.500. The van der Waals surface area contributed by atoms with Gasteiger partial charge in [0.25, 0.3) is 0 Å². The highest BCUT2D eigenvalue weighted by atomic mass is 32.2. The summed E-state index contributed by atoms with van der Waals surface area (Å²) in [5.74, 6) is -0.631. The molecule has 1 aromatic rings. The number of carboxylic acid groups (broad SMARTS) is 1. The summed E-state index contributed by atoms with van der Waals surface area (Å²) >= 11 is 0.931. The summed E-state index contributed by atoms with van der Waals surface area (Å²) in [6.07, 6.45) is 2.15. The molecule has 2 rings (SSSR count). The highest BCUT2D eigenvalue weighted by molar-refractivity contribution is 7.89. The molecular formula is C10H13NO4S2. The second kappa shape index (κ2) is 4.40. The minimum Gasteiger partial charge on any atom is -0.477 e. The molecule has 0 bridgehead atoms. The van der Waals surface area contributed by atoms with Crippen molar-refractivity contribution in [1.82, 2.24) is 4.31 Å². The molecule has 0 aliphatic heterocycles. The van der Waals surface area contributed by atoms with Crippen molar-refractivity contribution in [1.29, 1.82) is 0 Å². The van der Waals surface area contributed by atoms with E-state index >= 15 is 0 Å². The number of nitrogens with zero attached hydrogens (tertiary/aromatic N) is 1. The Kier molecular flexibility index (Phi) is 3.24. The third kappa shape index (κ3) is 2.67. The molecule has 94 valence electrons. The van der Waals surface area contributed by atoms with Crippen molar-refractivity contribution in [3.8, 4) is 0 Å². The van der Waals surface area contributed by atoms with Crippen molar-refractivity contribution in [3.05, 3.63) is 16.3 Å². The molecule has 1 saturated carbocycles. The summed E-state index contributed by atoms with van der Waals surface area (Å²) < 4.78 is 25.4. The molecule has 17 heavy (non-hydrogen) atoms. The fourth-order valence-corrected chi connectivity index (χ4v) is 3.85. The minimum absolute atomic E-state index is 0.0448. The topological polar surface area (TPSA) is 74.7 Å². The summed E-state index contributed by atoms with van der Waals surface area (Å²) in [7, 11) is -1.99. The van der Waals surface area contributed by atoms with E-state index in [1.807, 2.05) is 0 Å². The van der Waals surface area contributed by atoms with Crippen LogP contribution in [-0.2, 0) is 10.0 Å². The van der Waals surface area contributed by atoms with Crippen molar-refractivity contribution in [2.75, 3.05) is 13.6 Å². The van der Waals surface area contributed by atoms with E-state index in [0.717, 1.165) is 24.2 Å². The molecule has 1 aromatic heterocycles. The van der Waals surface area contributed by atoms with Gasteiger partial charge in [-0.1, -0.05) is 0 Å². The quantitative estimate of drug-likeness (QED) is 0.883. The summed E-state index contributed by atoms with van der Waals surface area (Å²) in [5.41, 5.74) is 0. The van der Waals surface area contributed by atoms with E-state index in [2.05, 4.69) is 0 Å². The maximum absolute atomic E-state index is 12.1. The van der Waals surface area contributed by atoms with Gasteiger partial charge in [0.1, 0.15) is 4.88 Å². The van der Waals surface area contributed by atoms with E-state index in [9.17, 15) is 13.2 Å². The Morgan fingerprint density at radius 1 is 1.59 bits per heavy atom. The number of aromatic carboxylic acids is 1. The first-order chi connectivity index (χ1) is 7.91. The van der Waals surface area contributed by atoms with Crippen LogP contribution in [0, 0.1) is 5.92 Å². The normalized spacial score (nSPS) is 16.4. The Labute approximate surface area is 104 Å². The van der Waals surface area contributed by atoms with Crippen LogP contribution in [0.2, 0.25) is 0 Å². The monoisotopic (exact) mass is 275 g/mol. The van der Waals surface area contributed by atoms with Gasteiger partial charge >= 0.3 is 5.97 Å². The lowest BCUT2D eigenvalue weighted by molar-refractivity contribution is 0.0702.